The van der Waals surface area contributed by atoms with Crippen LogP contribution in [0.15, 0.2) is 18.7 Å². The quantitative estimate of drug-likeness (QED) is 0.766. The van der Waals surface area contributed by atoms with Crippen molar-refractivity contribution in [2.45, 2.75) is 13.8 Å². The van der Waals surface area contributed by atoms with Crippen LogP contribution < -0.4 is 14.2 Å². The molecule has 3 heteroatoms. The van der Waals surface area contributed by atoms with Gasteiger partial charge in [0.1, 0.15) is 5.75 Å². The van der Waals surface area contributed by atoms with Gasteiger partial charge in [-0.2, -0.15) is 0 Å². The minimum Gasteiger partial charge on any atom is -0.496 e. The number of benzene rings is 1. The summed E-state index contributed by atoms with van der Waals surface area (Å²) in [5, 5.41) is 0. The lowest BCUT2D eigenvalue weighted by molar-refractivity contribution is 0.306. The molecule has 0 fully saturated rings. The Kier molecular flexibility index (Phi) is 4.23. The van der Waals surface area contributed by atoms with Crippen LogP contribution in [0.25, 0.3) is 5.57 Å². The number of hydrogen-bond acceptors (Lipinski definition) is 3. The Hall–Kier alpha value is -1.64. The Labute approximate surface area is 96.6 Å². The van der Waals surface area contributed by atoms with Gasteiger partial charge in [-0.15, -0.1) is 0 Å². The minimum absolute atomic E-state index is 0.573. The molecule has 16 heavy (non-hydrogen) atoms. The fraction of sp³-hybridized carbons (Fsp3) is 0.385. The molecule has 0 radical (unpaired) electrons. The molecule has 1 rings (SSSR count). The molecule has 0 aromatic heterocycles. The monoisotopic (exact) mass is 222 g/mol. The van der Waals surface area contributed by atoms with E-state index >= 15 is 0 Å². The van der Waals surface area contributed by atoms with Crippen LogP contribution in [0.2, 0.25) is 0 Å². The van der Waals surface area contributed by atoms with Crippen LogP contribution in [-0.4, -0.2) is 20.8 Å². The standard InChI is InChI=1S/C13H18O3/c1-6-16-13-11(15-5)8-7-10(14-4)12(13)9(2)3/h7-8H,2,6H2,1,3-5H3. The molecule has 1 aromatic carbocycles. The van der Waals surface area contributed by atoms with Crippen molar-refractivity contribution in [3.8, 4) is 17.2 Å². The predicted octanol–water partition coefficient (Wildman–Crippen LogP) is 3.14. The highest BCUT2D eigenvalue weighted by molar-refractivity contribution is 5.75. The van der Waals surface area contributed by atoms with Gasteiger partial charge in [0.25, 0.3) is 0 Å². The zero-order valence-corrected chi connectivity index (χ0v) is 10.3. The molecule has 0 unspecified atom stereocenters. The molecule has 0 saturated heterocycles. The van der Waals surface area contributed by atoms with Crippen molar-refractivity contribution >= 4 is 5.57 Å². The van der Waals surface area contributed by atoms with Crippen LogP contribution in [0.3, 0.4) is 0 Å². The first-order valence-electron chi connectivity index (χ1n) is 5.19. The maximum Gasteiger partial charge on any atom is 0.172 e. The Balaban J connectivity index is 3.40. The summed E-state index contributed by atoms with van der Waals surface area (Å²) in [6, 6.07) is 3.68. The topological polar surface area (TPSA) is 27.7 Å². The van der Waals surface area contributed by atoms with Crippen LogP contribution in [-0.2, 0) is 0 Å². The van der Waals surface area contributed by atoms with Gasteiger partial charge in [0.2, 0.25) is 0 Å². The highest BCUT2D eigenvalue weighted by Gasteiger charge is 2.16. The van der Waals surface area contributed by atoms with E-state index in [2.05, 4.69) is 6.58 Å². The first kappa shape index (κ1) is 12.4. The molecule has 0 saturated carbocycles. The Morgan fingerprint density at radius 2 is 1.75 bits per heavy atom. The third kappa shape index (κ3) is 2.30. The average Bonchev–Trinajstić information content (AvgIpc) is 2.28. The van der Waals surface area contributed by atoms with Crippen molar-refractivity contribution in [3.05, 3.63) is 24.3 Å². The van der Waals surface area contributed by atoms with Gasteiger partial charge in [-0.05, 0) is 31.6 Å². The molecule has 0 N–H and O–H groups in total. The second-order valence-corrected chi connectivity index (χ2v) is 3.39. The zero-order chi connectivity index (χ0) is 12.1. The summed E-state index contributed by atoms with van der Waals surface area (Å²) in [6.07, 6.45) is 0. The van der Waals surface area contributed by atoms with Gasteiger partial charge in [-0.25, -0.2) is 0 Å². The van der Waals surface area contributed by atoms with Crippen LogP contribution in [0.5, 0.6) is 17.2 Å². The summed E-state index contributed by atoms with van der Waals surface area (Å²) in [5.41, 5.74) is 1.75. The Morgan fingerprint density at radius 1 is 1.19 bits per heavy atom. The molecule has 0 heterocycles. The van der Waals surface area contributed by atoms with Crippen LogP contribution in [0.4, 0.5) is 0 Å². The molecule has 0 aliphatic heterocycles. The van der Waals surface area contributed by atoms with E-state index in [1.807, 2.05) is 26.0 Å². The first-order valence-corrected chi connectivity index (χ1v) is 5.19. The van der Waals surface area contributed by atoms with Gasteiger partial charge in [-0.1, -0.05) is 6.58 Å². The molecule has 0 spiro atoms. The van der Waals surface area contributed by atoms with Crippen molar-refractivity contribution in [2.24, 2.45) is 0 Å². The van der Waals surface area contributed by atoms with E-state index in [1.165, 1.54) is 0 Å². The highest BCUT2D eigenvalue weighted by atomic mass is 16.5. The van der Waals surface area contributed by atoms with Crippen molar-refractivity contribution in [2.75, 3.05) is 20.8 Å². The lowest BCUT2D eigenvalue weighted by Gasteiger charge is -2.17. The fourth-order valence-electron chi connectivity index (χ4n) is 1.57. The van der Waals surface area contributed by atoms with E-state index in [9.17, 15) is 0 Å². The summed E-state index contributed by atoms with van der Waals surface area (Å²) in [6.45, 7) is 8.36. The number of methoxy groups -OCH3 is 2. The number of allylic oxidation sites excluding steroid dienone is 1. The lowest BCUT2D eigenvalue weighted by Crippen LogP contribution is -2.01. The molecule has 0 bridgehead atoms. The second kappa shape index (κ2) is 5.45. The van der Waals surface area contributed by atoms with Crippen LogP contribution in [0, 0.1) is 0 Å². The number of hydrogen-bond donors (Lipinski definition) is 0. The molecule has 0 aliphatic rings. The van der Waals surface area contributed by atoms with E-state index in [4.69, 9.17) is 14.2 Å². The summed E-state index contributed by atoms with van der Waals surface area (Å²) in [5.74, 6) is 2.13. The van der Waals surface area contributed by atoms with Gasteiger partial charge < -0.3 is 14.2 Å². The van der Waals surface area contributed by atoms with Crippen molar-refractivity contribution in [1.29, 1.82) is 0 Å². The lowest BCUT2D eigenvalue weighted by atomic mass is 10.1. The van der Waals surface area contributed by atoms with Crippen molar-refractivity contribution in [3.63, 3.8) is 0 Å². The number of ether oxygens (including phenoxy) is 3. The Morgan fingerprint density at radius 3 is 2.19 bits per heavy atom. The van der Waals surface area contributed by atoms with E-state index in [1.54, 1.807) is 14.2 Å². The molecular weight excluding hydrogens is 204 g/mol. The maximum absolute atomic E-state index is 5.60. The van der Waals surface area contributed by atoms with Crippen LogP contribution in [0.1, 0.15) is 19.4 Å². The summed E-state index contributed by atoms with van der Waals surface area (Å²) in [4.78, 5) is 0. The first-order chi connectivity index (χ1) is 7.65. The molecular formula is C13H18O3. The third-order valence-electron chi connectivity index (χ3n) is 2.24. The summed E-state index contributed by atoms with van der Waals surface area (Å²) >= 11 is 0. The van der Waals surface area contributed by atoms with Crippen molar-refractivity contribution < 1.29 is 14.2 Å². The molecule has 0 amide bonds. The Bertz CT molecular complexity index is 383. The SMILES string of the molecule is C=C(C)c1c(OC)ccc(OC)c1OCC. The van der Waals surface area contributed by atoms with Crippen LogP contribution >= 0.6 is 0 Å². The normalized spacial score (nSPS) is 9.75. The van der Waals surface area contributed by atoms with Gasteiger partial charge in [0.05, 0.1) is 26.4 Å². The average molecular weight is 222 g/mol. The predicted molar refractivity (Wildman–Crippen MR) is 65.4 cm³/mol. The fourth-order valence-corrected chi connectivity index (χ4v) is 1.57. The third-order valence-corrected chi connectivity index (χ3v) is 2.24. The molecule has 3 nitrogen and oxygen atoms in total. The van der Waals surface area contributed by atoms with Gasteiger partial charge >= 0.3 is 0 Å². The summed E-state index contributed by atoms with van der Waals surface area (Å²) < 4.78 is 16.2. The smallest absolute Gasteiger partial charge is 0.172 e. The molecule has 0 aliphatic carbocycles. The maximum atomic E-state index is 5.60. The molecule has 0 atom stereocenters. The largest absolute Gasteiger partial charge is 0.496 e. The van der Waals surface area contributed by atoms with E-state index < -0.39 is 0 Å². The van der Waals surface area contributed by atoms with Gasteiger partial charge in [-0.3, -0.25) is 0 Å². The van der Waals surface area contributed by atoms with Gasteiger partial charge in [0, 0.05) is 0 Å². The molecule has 1 aromatic rings. The number of rotatable bonds is 5. The van der Waals surface area contributed by atoms with E-state index in [-0.39, 0.29) is 0 Å². The minimum atomic E-state index is 0.573. The summed E-state index contributed by atoms with van der Waals surface area (Å²) in [7, 11) is 3.25. The highest BCUT2D eigenvalue weighted by Crippen LogP contribution is 2.41. The van der Waals surface area contributed by atoms with E-state index in [0.29, 0.717) is 18.1 Å². The van der Waals surface area contributed by atoms with Crippen molar-refractivity contribution in [1.82, 2.24) is 0 Å². The van der Waals surface area contributed by atoms with Gasteiger partial charge in [0.15, 0.2) is 11.5 Å². The second-order valence-electron chi connectivity index (χ2n) is 3.39. The zero-order valence-electron chi connectivity index (χ0n) is 10.3. The molecule has 88 valence electrons. The van der Waals surface area contributed by atoms with E-state index in [0.717, 1.165) is 16.9 Å².